The van der Waals surface area contributed by atoms with Crippen molar-refractivity contribution in [1.29, 1.82) is 0 Å². The number of rotatable bonds is 5. The van der Waals surface area contributed by atoms with Crippen LogP contribution in [0, 0.1) is 6.92 Å². The highest BCUT2D eigenvalue weighted by Gasteiger charge is 2.39. The van der Waals surface area contributed by atoms with E-state index in [0.717, 1.165) is 16.3 Å². The smallest absolute Gasteiger partial charge is 0.406 e. The van der Waals surface area contributed by atoms with Crippen molar-refractivity contribution in [3.8, 4) is 22.7 Å². The quantitative estimate of drug-likeness (QED) is 0.406. The van der Waals surface area contributed by atoms with E-state index >= 15 is 0 Å². The number of halogens is 3. The summed E-state index contributed by atoms with van der Waals surface area (Å²) in [5.41, 5.74) is 3.71. The van der Waals surface area contributed by atoms with Gasteiger partial charge in [0.25, 0.3) is 5.91 Å². The maximum absolute atomic E-state index is 13.4. The molecule has 11 heteroatoms. The summed E-state index contributed by atoms with van der Waals surface area (Å²) in [5, 5.41) is 12.7. The number of nitrogens with zero attached hydrogens (tertiary/aromatic N) is 6. The van der Waals surface area contributed by atoms with Crippen molar-refractivity contribution in [2.45, 2.75) is 32.0 Å². The summed E-state index contributed by atoms with van der Waals surface area (Å²) in [7, 11) is 1.55. The number of fused-ring (bicyclic) bond motifs is 1. The van der Waals surface area contributed by atoms with Crippen molar-refractivity contribution >= 4 is 11.6 Å². The molecule has 0 saturated heterocycles. The highest BCUT2D eigenvalue weighted by Crippen LogP contribution is 2.34. The Morgan fingerprint density at radius 2 is 1.92 bits per heavy atom. The molecule has 186 valence electrons. The fraction of sp³-hybridized carbons (Fsp3) is 0.280. The molecule has 1 amide bonds. The second kappa shape index (κ2) is 9.14. The molecule has 1 aliphatic heterocycles. The Hall–Kier alpha value is -4.15. The van der Waals surface area contributed by atoms with Gasteiger partial charge in [0.15, 0.2) is 0 Å². The number of methoxy groups -OCH3 is 1. The number of hydrogen-bond acceptors (Lipinski definition) is 5. The minimum absolute atomic E-state index is 0.275. The second-order valence-electron chi connectivity index (χ2n) is 8.59. The third kappa shape index (κ3) is 4.56. The summed E-state index contributed by atoms with van der Waals surface area (Å²) < 4.78 is 48.7. The highest BCUT2D eigenvalue weighted by molar-refractivity contribution is 5.97. The zero-order valence-electron chi connectivity index (χ0n) is 19.6. The van der Waals surface area contributed by atoms with Crippen molar-refractivity contribution in [2.75, 3.05) is 18.6 Å². The van der Waals surface area contributed by atoms with Gasteiger partial charge < -0.3 is 9.64 Å². The van der Waals surface area contributed by atoms with E-state index in [1.807, 2.05) is 31.3 Å². The molecule has 0 unspecified atom stereocenters. The number of hydrogen-bond donors (Lipinski definition) is 0. The number of ether oxygens (including phenoxy) is 1. The van der Waals surface area contributed by atoms with E-state index in [1.54, 1.807) is 48.3 Å². The molecule has 0 radical (unpaired) electrons. The topological polar surface area (TPSA) is 78.1 Å². The van der Waals surface area contributed by atoms with Crippen LogP contribution in [0.3, 0.4) is 0 Å². The molecule has 1 atom stereocenters. The van der Waals surface area contributed by atoms with Gasteiger partial charge in [0.05, 0.1) is 19.0 Å². The molecule has 8 nitrogen and oxygen atoms in total. The van der Waals surface area contributed by atoms with Gasteiger partial charge in [0.2, 0.25) is 0 Å². The Kier molecular flexibility index (Phi) is 5.99. The summed E-state index contributed by atoms with van der Waals surface area (Å²) in [6.07, 6.45) is -0.408. The van der Waals surface area contributed by atoms with E-state index in [4.69, 9.17) is 4.74 Å². The van der Waals surface area contributed by atoms with Gasteiger partial charge in [-0.05, 0) is 49.6 Å². The molecule has 0 saturated carbocycles. The van der Waals surface area contributed by atoms with E-state index in [1.165, 1.54) is 4.68 Å². The molecule has 0 N–H and O–H groups in total. The molecular weight excluding hydrogens is 473 g/mol. The zero-order valence-corrected chi connectivity index (χ0v) is 19.6. The summed E-state index contributed by atoms with van der Waals surface area (Å²) >= 11 is 0. The van der Waals surface area contributed by atoms with Gasteiger partial charge >= 0.3 is 6.18 Å². The molecule has 0 bridgehead atoms. The maximum Gasteiger partial charge on any atom is 0.406 e. The normalized spacial score (nSPS) is 16.1. The summed E-state index contributed by atoms with van der Waals surface area (Å²) in [6.45, 7) is 0.519. The van der Waals surface area contributed by atoms with Crippen LogP contribution in [-0.2, 0) is 11.2 Å². The monoisotopic (exact) mass is 496 g/mol. The third-order valence-corrected chi connectivity index (χ3v) is 6.13. The first-order chi connectivity index (χ1) is 17.2. The molecule has 2 aromatic heterocycles. The Labute approximate surface area is 204 Å². The van der Waals surface area contributed by atoms with Crippen molar-refractivity contribution < 1.29 is 22.7 Å². The lowest BCUT2D eigenvalue weighted by Crippen LogP contribution is -2.42. The number of aryl methyl sites for hydroxylation is 2. The van der Waals surface area contributed by atoms with Crippen molar-refractivity contribution in [3.63, 3.8) is 0 Å². The van der Waals surface area contributed by atoms with Crippen molar-refractivity contribution in [3.05, 3.63) is 72.2 Å². The van der Waals surface area contributed by atoms with Crippen LogP contribution in [0.5, 0.6) is 5.75 Å². The van der Waals surface area contributed by atoms with Crippen molar-refractivity contribution in [1.82, 2.24) is 24.8 Å². The predicted octanol–water partition coefficient (Wildman–Crippen LogP) is 4.53. The van der Waals surface area contributed by atoms with Gasteiger partial charge in [0, 0.05) is 17.4 Å². The maximum atomic E-state index is 13.4. The van der Waals surface area contributed by atoms with Gasteiger partial charge in [0.1, 0.15) is 29.7 Å². The van der Waals surface area contributed by atoms with E-state index in [9.17, 15) is 18.0 Å². The van der Waals surface area contributed by atoms with Crippen LogP contribution in [0.4, 0.5) is 18.9 Å². The summed E-state index contributed by atoms with van der Waals surface area (Å²) in [4.78, 5) is 14.1. The number of aromatic nitrogens is 5. The van der Waals surface area contributed by atoms with Crippen LogP contribution >= 0.6 is 0 Å². The summed E-state index contributed by atoms with van der Waals surface area (Å²) in [6, 6.07) is 13.1. The molecular formula is C25H23F3N6O2. The standard InChI is InChI=1S/C25H23F3N6O2/c1-16-11-12-33(30-16)21-9-8-18(13-23(21)36-2)19-14-34(31-29-19)22-10-7-17-5-3-4-6-20(17)32(24(22)35)15-25(26,27)28/h3-6,8-9,11-14,22H,7,10,15H2,1-2H3/t22-/m0/s1. The lowest BCUT2D eigenvalue weighted by atomic mass is 10.1. The van der Waals surface area contributed by atoms with Crippen LogP contribution in [-0.4, -0.2) is 50.5 Å². The molecule has 1 aliphatic rings. The van der Waals surface area contributed by atoms with Gasteiger partial charge in [-0.3, -0.25) is 4.79 Å². The van der Waals surface area contributed by atoms with Gasteiger partial charge in [-0.1, -0.05) is 29.5 Å². The van der Waals surface area contributed by atoms with Crippen LogP contribution in [0.15, 0.2) is 60.9 Å². The Balaban J connectivity index is 1.46. The number of amides is 1. The third-order valence-electron chi connectivity index (χ3n) is 6.13. The second-order valence-corrected chi connectivity index (χ2v) is 8.59. The fourth-order valence-corrected chi connectivity index (χ4v) is 4.42. The van der Waals surface area contributed by atoms with Crippen LogP contribution in [0.25, 0.3) is 16.9 Å². The number of carbonyl (C=O) groups excluding carboxylic acids is 1. The van der Waals surface area contributed by atoms with Gasteiger partial charge in [-0.2, -0.15) is 18.3 Å². The zero-order chi connectivity index (χ0) is 25.4. The number of alkyl halides is 3. The lowest BCUT2D eigenvalue weighted by Gasteiger charge is -2.26. The predicted molar refractivity (Wildman–Crippen MR) is 126 cm³/mol. The minimum atomic E-state index is -4.55. The van der Waals surface area contributed by atoms with Crippen LogP contribution in [0.2, 0.25) is 0 Å². The van der Waals surface area contributed by atoms with Crippen molar-refractivity contribution in [2.24, 2.45) is 0 Å². The van der Waals surface area contributed by atoms with E-state index in [0.29, 0.717) is 35.4 Å². The molecule has 0 spiro atoms. The first kappa shape index (κ1) is 23.6. The lowest BCUT2D eigenvalue weighted by molar-refractivity contribution is -0.134. The van der Waals surface area contributed by atoms with Gasteiger partial charge in [-0.25, -0.2) is 9.36 Å². The Morgan fingerprint density at radius 1 is 1.11 bits per heavy atom. The SMILES string of the molecule is COc1cc(-c2cn([C@H]3CCc4ccccc4N(CC(F)(F)F)C3=O)nn2)ccc1-n1ccc(C)n1. The molecule has 3 heterocycles. The number of anilines is 1. The first-order valence-corrected chi connectivity index (χ1v) is 11.3. The van der Waals surface area contributed by atoms with E-state index in [2.05, 4.69) is 15.4 Å². The molecule has 0 aliphatic carbocycles. The van der Waals surface area contributed by atoms with Crippen LogP contribution in [0.1, 0.15) is 23.7 Å². The largest absolute Gasteiger partial charge is 0.494 e. The number of para-hydroxylation sites is 1. The highest BCUT2D eigenvalue weighted by atomic mass is 19.4. The van der Waals surface area contributed by atoms with E-state index in [-0.39, 0.29) is 5.69 Å². The summed E-state index contributed by atoms with van der Waals surface area (Å²) in [5.74, 6) is -0.113. The first-order valence-electron chi connectivity index (χ1n) is 11.3. The van der Waals surface area contributed by atoms with E-state index < -0.39 is 24.7 Å². The average Bonchev–Trinajstić information content (AvgIpc) is 3.49. The Morgan fingerprint density at radius 3 is 2.64 bits per heavy atom. The molecule has 36 heavy (non-hydrogen) atoms. The number of benzene rings is 2. The van der Waals surface area contributed by atoms with Gasteiger partial charge in [-0.15, -0.1) is 5.10 Å². The molecule has 0 fully saturated rings. The fourth-order valence-electron chi connectivity index (χ4n) is 4.42. The number of carbonyl (C=O) groups is 1. The minimum Gasteiger partial charge on any atom is -0.494 e. The Bertz CT molecular complexity index is 1410. The molecule has 2 aromatic carbocycles. The molecule has 5 rings (SSSR count). The average molecular weight is 496 g/mol. The van der Waals surface area contributed by atoms with Crippen LogP contribution < -0.4 is 9.64 Å². The molecule has 4 aromatic rings.